The minimum Gasteiger partial charge on any atom is -0.497 e. The van der Waals surface area contributed by atoms with Crippen LogP contribution < -0.4 is 15.4 Å². The largest absolute Gasteiger partial charge is 0.497 e. The number of methoxy groups -OCH3 is 1. The van der Waals surface area contributed by atoms with E-state index in [0.717, 1.165) is 22.7 Å². The van der Waals surface area contributed by atoms with Crippen LogP contribution in [-0.4, -0.2) is 18.0 Å². The average molecular weight is 368 g/mol. The number of rotatable bonds is 6. The molecule has 1 amide bonds. The second-order valence-corrected chi connectivity index (χ2v) is 5.97. The molecule has 0 aliphatic rings. The number of nitrogens with one attached hydrogen (secondary N) is 2. The number of carbonyl (C=O) groups is 1. The Morgan fingerprint density at radius 2 is 1.92 bits per heavy atom. The zero-order chi connectivity index (χ0) is 18.4. The minimum atomic E-state index is -0.252. The zero-order valence-electron chi connectivity index (χ0n) is 14.2. The maximum atomic E-state index is 12.2. The monoisotopic (exact) mass is 367 g/mol. The van der Waals surface area contributed by atoms with E-state index in [1.807, 2.05) is 42.5 Å². The van der Waals surface area contributed by atoms with Crippen LogP contribution in [-0.2, 0) is 6.54 Å². The summed E-state index contributed by atoms with van der Waals surface area (Å²) in [6.45, 7) is 0.351. The Labute approximate surface area is 157 Å². The molecule has 132 valence electrons. The maximum absolute atomic E-state index is 12.2. The van der Waals surface area contributed by atoms with Gasteiger partial charge >= 0.3 is 0 Å². The van der Waals surface area contributed by atoms with Crippen LogP contribution in [0.2, 0.25) is 5.02 Å². The number of carbonyl (C=O) groups excluding carboxylic acids is 1. The summed E-state index contributed by atoms with van der Waals surface area (Å²) in [6, 6.07) is 18.4. The molecule has 0 aliphatic carbocycles. The first kappa shape index (κ1) is 17.8. The van der Waals surface area contributed by atoms with Gasteiger partial charge in [-0.25, -0.2) is 4.98 Å². The fourth-order valence-electron chi connectivity index (χ4n) is 2.38. The second-order valence-electron chi connectivity index (χ2n) is 5.56. The van der Waals surface area contributed by atoms with Crippen LogP contribution in [0.1, 0.15) is 16.1 Å². The third kappa shape index (κ3) is 4.52. The Hall–Kier alpha value is -3.05. The summed E-state index contributed by atoms with van der Waals surface area (Å²) in [4.78, 5) is 16.4. The molecule has 0 radical (unpaired) electrons. The van der Waals surface area contributed by atoms with E-state index in [0.29, 0.717) is 17.3 Å². The number of hydrogen-bond acceptors (Lipinski definition) is 4. The van der Waals surface area contributed by atoms with E-state index in [1.54, 1.807) is 31.5 Å². The van der Waals surface area contributed by atoms with Gasteiger partial charge in [-0.1, -0.05) is 35.9 Å². The highest BCUT2D eigenvalue weighted by molar-refractivity contribution is 6.31. The summed E-state index contributed by atoms with van der Waals surface area (Å²) in [5.74, 6) is 0.511. The van der Waals surface area contributed by atoms with Gasteiger partial charge in [-0.15, -0.1) is 0 Å². The molecular weight excluding hydrogens is 350 g/mol. The van der Waals surface area contributed by atoms with E-state index in [4.69, 9.17) is 16.3 Å². The Balaban J connectivity index is 1.61. The second kappa shape index (κ2) is 8.36. The molecular formula is C20H18ClN3O2. The van der Waals surface area contributed by atoms with Crippen molar-refractivity contribution in [3.05, 3.63) is 83.1 Å². The molecule has 0 fully saturated rings. The predicted octanol–water partition coefficient (Wildman–Crippen LogP) is 4.42. The standard InChI is InChI=1S/C20H18ClN3O2/c1-26-17-7-4-6-15(11-17)24-16-9-10-19(22-13-16)20(25)23-12-14-5-2-3-8-18(14)21/h2-11,13,24H,12H2,1H3,(H,23,25). The highest BCUT2D eigenvalue weighted by Crippen LogP contribution is 2.21. The van der Waals surface area contributed by atoms with E-state index < -0.39 is 0 Å². The van der Waals surface area contributed by atoms with Gasteiger partial charge in [0, 0.05) is 23.3 Å². The number of amides is 1. The third-order valence-electron chi connectivity index (χ3n) is 3.75. The lowest BCUT2D eigenvalue weighted by Crippen LogP contribution is -2.23. The SMILES string of the molecule is COc1cccc(Nc2ccc(C(=O)NCc3ccccc3Cl)nc2)c1. The summed E-state index contributed by atoms with van der Waals surface area (Å²) in [5, 5.41) is 6.66. The number of ether oxygens (including phenoxy) is 1. The minimum absolute atomic E-state index is 0.252. The molecule has 1 heterocycles. The Morgan fingerprint density at radius 1 is 1.08 bits per heavy atom. The van der Waals surface area contributed by atoms with Crippen molar-refractivity contribution in [2.24, 2.45) is 0 Å². The molecule has 0 saturated heterocycles. The van der Waals surface area contributed by atoms with Gasteiger partial charge in [0.15, 0.2) is 0 Å². The first-order valence-electron chi connectivity index (χ1n) is 8.04. The smallest absolute Gasteiger partial charge is 0.270 e. The van der Waals surface area contributed by atoms with Gasteiger partial charge in [0.25, 0.3) is 5.91 Å². The van der Waals surface area contributed by atoms with Crippen LogP contribution in [0.15, 0.2) is 66.9 Å². The van der Waals surface area contributed by atoms with Crippen LogP contribution in [0.4, 0.5) is 11.4 Å². The summed E-state index contributed by atoms with van der Waals surface area (Å²) in [6.07, 6.45) is 1.61. The lowest BCUT2D eigenvalue weighted by atomic mass is 10.2. The van der Waals surface area contributed by atoms with Crippen LogP contribution in [0.25, 0.3) is 0 Å². The predicted molar refractivity (Wildman–Crippen MR) is 103 cm³/mol. The topological polar surface area (TPSA) is 63.2 Å². The van der Waals surface area contributed by atoms with Crippen LogP contribution in [0.3, 0.4) is 0 Å². The lowest BCUT2D eigenvalue weighted by Gasteiger charge is -2.09. The number of pyridine rings is 1. The molecule has 2 N–H and O–H groups in total. The number of anilines is 2. The van der Waals surface area contributed by atoms with E-state index in [9.17, 15) is 4.79 Å². The highest BCUT2D eigenvalue weighted by atomic mass is 35.5. The van der Waals surface area contributed by atoms with E-state index in [-0.39, 0.29) is 5.91 Å². The fourth-order valence-corrected chi connectivity index (χ4v) is 2.58. The van der Waals surface area contributed by atoms with Crippen LogP contribution >= 0.6 is 11.6 Å². The number of aromatic nitrogens is 1. The molecule has 0 atom stereocenters. The van der Waals surface area contributed by atoms with Crippen molar-refractivity contribution >= 4 is 28.9 Å². The molecule has 3 aromatic rings. The molecule has 6 heteroatoms. The lowest BCUT2D eigenvalue weighted by molar-refractivity contribution is 0.0946. The molecule has 26 heavy (non-hydrogen) atoms. The quantitative estimate of drug-likeness (QED) is 0.677. The number of nitrogens with zero attached hydrogens (tertiary/aromatic N) is 1. The van der Waals surface area contributed by atoms with Crippen molar-refractivity contribution < 1.29 is 9.53 Å². The van der Waals surface area contributed by atoms with Crippen molar-refractivity contribution in [2.75, 3.05) is 12.4 Å². The van der Waals surface area contributed by atoms with Gasteiger partial charge in [0.1, 0.15) is 11.4 Å². The van der Waals surface area contributed by atoms with E-state index >= 15 is 0 Å². The summed E-state index contributed by atoms with van der Waals surface area (Å²) in [5.41, 5.74) is 2.86. The van der Waals surface area contributed by atoms with Crippen LogP contribution in [0.5, 0.6) is 5.75 Å². The van der Waals surface area contributed by atoms with Crippen molar-refractivity contribution in [1.29, 1.82) is 0 Å². The Bertz CT molecular complexity index is 898. The average Bonchev–Trinajstić information content (AvgIpc) is 2.68. The van der Waals surface area contributed by atoms with Gasteiger partial charge in [0.05, 0.1) is 19.0 Å². The maximum Gasteiger partial charge on any atom is 0.270 e. The molecule has 1 aromatic heterocycles. The normalized spacial score (nSPS) is 10.2. The number of benzene rings is 2. The van der Waals surface area contributed by atoms with Crippen LogP contribution in [0, 0.1) is 0 Å². The molecule has 0 spiro atoms. The van der Waals surface area contributed by atoms with E-state index in [1.165, 1.54) is 0 Å². The molecule has 0 unspecified atom stereocenters. The molecule has 2 aromatic carbocycles. The highest BCUT2D eigenvalue weighted by Gasteiger charge is 2.08. The number of hydrogen-bond donors (Lipinski definition) is 2. The van der Waals surface area contributed by atoms with Gasteiger partial charge < -0.3 is 15.4 Å². The first-order chi connectivity index (χ1) is 12.7. The van der Waals surface area contributed by atoms with Gasteiger partial charge in [-0.3, -0.25) is 4.79 Å². The van der Waals surface area contributed by atoms with Crippen molar-refractivity contribution in [3.63, 3.8) is 0 Å². The Morgan fingerprint density at radius 3 is 2.65 bits per heavy atom. The van der Waals surface area contributed by atoms with Gasteiger partial charge in [-0.05, 0) is 35.9 Å². The van der Waals surface area contributed by atoms with E-state index in [2.05, 4.69) is 15.6 Å². The summed E-state index contributed by atoms with van der Waals surface area (Å²) < 4.78 is 5.20. The fraction of sp³-hybridized carbons (Fsp3) is 0.100. The summed E-state index contributed by atoms with van der Waals surface area (Å²) >= 11 is 6.09. The molecule has 5 nitrogen and oxygen atoms in total. The molecule has 0 aliphatic heterocycles. The third-order valence-corrected chi connectivity index (χ3v) is 4.12. The Kier molecular flexibility index (Phi) is 5.71. The summed E-state index contributed by atoms with van der Waals surface area (Å²) in [7, 11) is 1.62. The van der Waals surface area contributed by atoms with Crippen molar-refractivity contribution in [2.45, 2.75) is 6.54 Å². The zero-order valence-corrected chi connectivity index (χ0v) is 15.0. The van der Waals surface area contributed by atoms with Crippen molar-refractivity contribution in [1.82, 2.24) is 10.3 Å². The molecule has 0 bridgehead atoms. The van der Waals surface area contributed by atoms with Gasteiger partial charge in [0.2, 0.25) is 0 Å². The van der Waals surface area contributed by atoms with Crippen molar-refractivity contribution in [3.8, 4) is 5.75 Å². The molecule has 3 rings (SSSR count). The first-order valence-corrected chi connectivity index (χ1v) is 8.42. The molecule has 0 saturated carbocycles. The number of halogens is 1. The van der Waals surface area contributed by atoms with Gasteiger partial charge in [-0.2, -0.15) is 0 Å².